The zero-order chi connectivity index (χ0) is 40.9. The van der Waals surface area contributed by atoms with Gasteiger partial charge in [-0.2, -0.15) is 22.3 Å². The molecule has 0 radical (unpaired) electrons. The SMILES string of the molecule is CC(C)(C)c1cc(-c2cccc(-c3cc(C(C)(C)C)cc(C(C)(C)C)c3)c2N(c2[c-]c(-n3cccn3)ccc2)c2[c-]c(-n3cccn3)ccc2)cc(C(C)(C)C)c1.[Pt+2]. The van der Waals surface area contributed by atoms with Gasteiger partial charge in [-0.3, -0.25) is 9.36 Å². The van der Waals surface area contributed by atoms with Gasteiger partial charge in [0.05, 0.1) is 5.69 Å². The van der Waals surface area contributed by atoms with E-state index < -0.39 is 0 Å². The van der Waals surface area contributed by atoms with Crippen LogP contribution in [0.2, 0.25) is 0 Å². The van der Waals surface area contributed by atoms with Crippen LogP contribution in [0.15, 0.2) is 128 Å². The second kappa shape index (κ2) is 16.0. The number of para-hydroxylation sites is 1. The summed E-state index contributed by atoms with van der Waals surface area (Å²) in [6, 6.07) is 45.2. The Balaban J connectivity index is 0.00000567. The Bertz CT molecular complexity index is 2260. The van der Waals surface area contributed by atoms with Crippen molar-refractivity contribution in [2.45, 2.75) is 105 Å². The molecule has 2 heterocycles. The maximum Gasteiger partial charge on any atom is 2.00 e. The summed E-state index contributed by atoms with van der Waals surface area (Å²) in [7, 11) is 0. The molecular weight excluding hydrogens is 890 g/mol. The van der Waals surface area contributed by atoms with Crippen molar-refractivity contribution in [2.75, 3.05) is 4.90 Å². The Labute approximate surface area is 361 Å². The molecule has 2 aromatic heterocycles. The maximum atomic E-state index is 4.59. The van der Waals surface area contributed by atoms with Crippen molar-refractivity contribution in [1.29, 1.82) is 0 Å². The van der Waals surface area contributed by atoms with Crippen LogP contribution >= 0.6 is 0 Å². The summed E-state index contributed by atoms with van der Waals surface area (Å²) in [5.41, 5.74) is 14.0. The third-order valence-corrected chi connectivity index (χ3v) is 10.7. The zero-order valence-corrected chi connectivity index (χ0v) is 38.4. The Morgan fingerprint density at radius 3 is 1.10 bits per heavy atom. The molecule has 58 heavy (non-hydrogen) atoms. The topological polar surface area (TPSA) is 38.9 Å². The van der Waals surface area contributed by atoms with E-state index in [1.807, 2.05) is 33.9 Å². The molecular formula is C52H57N5Pt. The quantitative estimate of drug-likeness (QED) is 0.149. The summed E-state index contributed by atoms with van der Waals surface area (Å²) in [5.74, 6) is 0. The molecule has 300 valence electrons. The van der Waals surface area contributed by atoms with Crippen molar-refractivity contribution < 1.29 is 21.1 Å². The summed E-state index contributed by atoms with van der Waals surface area (Å²) < 4.78 is 3.73. The van der Waals surface area contributed by atoms with Gasteiger partial charge in [0.1, 0.15) is 0 Å². The van der Waals surface area contributed by atoms with E-state index in [4.69, 9.17) is 0 Å². The van der Waals surface area contributed by atoms with Gasteiger partial charge < -0.3 is 4.90 Å². The average molecular weight is 947 g/mol. The Hall–Kier alpha value is -4.99. The molecule has 0 aliphatic heterocycles. The molecule has 7 rings (SSSR count). The number of rotatable bonds is 7. The van der Waals surface area contributed by atoms with Crippen molar-refractivity contribution in [3.05, 3.63) is 162 Å². The smallest absolute Gasteiger partial charge is 0.357 e. The molecule has 0 aliphatic carbocycles. The summed E-state index contributed by atoms with van der Waals surface area (Å²) in [4.78, 5) is 2.34. The van der Waals surface area contributed by atoms with Gasteiger partial charge in [0.15, 0.2) is 0 Å². The van der Waals surface area contributed by atoms with Gasteiger partial charge >= 0.3 is 21.1 Å². The largest absolute Gasteiger partial charge is 2.00 e. The van der Waals surface area contributed by atoms with Gasteiger partial charge in [-0.05, 0) is 78.5 Å². The van der Waals surface area contributed by atoms with Crippen LogP contribution in [0.5, 0.6) is 0 Å². The van der Waals surface area contributed by atoms with Crippen LogP contribution in [0.25, 0.3) is 33.6 Å². The van der Waals surface area contributed by atoms with E-state index in [2.05, 4.69) is 201 Å². The first-order valence-corrected chi connectivity index (χ1v) is 20.1. The molecule has 0 bridgehead atoms. The summed E-state index contributed by atoms with van der Waals surface area (Å²) >= 11 is 0. The van der Waals surface area contributed by atoms with E-state index in [0.29, 0.717) is 0 Å². The molecule has 0 N–H and O–H groups in total. The molecule has 0 saturated heterocycles. The van der Waals surface area contributed by atoms with E-state index in [1.54, 1.807) is 12.4 Å². The van der Waals surface area contributed by atoms with Gasteiger partial charge in [0.2, 0.25) is 0 Å². The van der Waals surface area contributed by atoms with Crippen LogP contribution in [0.4, 0.5) is 17.1 Å². The minimum Gasteiger partial charge on any atom is -0.357 e. The molecule has 0 atom stereocenters. The predicted molar refractivity (Wildman–Crippen MR) is 239 cm³/mol. The molecule has 0 amide bonds. The van der Waals surface area contributed by atoms with Crippen LogP contribution in [-0.2, 0) is 42.7 Å². The van der Waals surface area contributed by atoms with E-state index in [1.165, 1.54) is 33.4 Å². The van der Waals surface area contributed by atoms with Crippen molar-refractivity contribution >= 4 is 17.1 Å². The Morgan fingerprint density at radius 2 is 0.793 bits per heavy atom. The fourth-order valence-electron chi connectivity index (χ4n) is 7.16. The third kappa shape index (κ3) is 9.01. The number of hydrogen-bond donors (Lipinski definition) is 0. The van der Waals surface area contributed by atoms with E-state index in [-0.39, 0.29) is 42.7 Å². The van der Waals surface area contributed by atoms with Gasteiger partial charge in [-0.15, -0.1) is 36.4 Å². The maximum absolute atomic E-state index is 4.59. The number of nitrogens with zero attached hydrogens (tertiary/aromatic N) is 5. The van der Waals surface area contributed by atoms with Gasteiger partial charge in [-0.1, -0.05) is 149 Å². The van der Waals surface area contributed by atoms with Crippen LogP contribution in [0.3, 0.4) is 0 Å². The number of aromatic nitrogens is 4. The van der Waals surface area contributed by atoms with E-state index >= 15 is 0 Å². The number of hydrogen-bond acceptors (Lipinski definition) is 3. The molecule has 0 spiro atoms. The molecule has 6 heteroatoms. The fourth-order valence-corrected chi connectivity index (χ4v) is 7.16. The van der Waals surface area contributed by atoms with Crippen molar-refractivity contribution in [2.24, 2.45) is 0 Å². The first kappa shape index (κ1) is 42.6. The second-order valence-corrected chi connectivity index (χ2v) is 19.4. The van der Waals surface area contributed by atoms with Crippen molar-refractivity contribution in [3.8, 4) is 33.6 Å². The van der Waals surface area contributed by atoms with Crippen molar-refractivity contribution in [3.63, 3.8) is 0 Å². The molecule has 0 fully saturated rings. The van der Waals surface area contributed by atoms with Crippen LogP contribution in [0.1, 0.15) is 105 Å². The minimum absolute atomic E-state index is 0. The monoisotopic (exact) mass is 946 g/mol. The first-order valence-electron chi connectivity index (χ1n) is 20.1. The molecule has 5 aromatic carbocycles. The second-order valence-electron chi connectivity index (χ2n) is 19.4. The number of benzene rings is 5. The molecule has 5 nitrogen and oxygen atoms in total. The predicted octanol–water partition coefficient (Wildman–Crippen LogP) is 13.6. The minimum atomic E-state index is -0.0616. The zero-order valence-electron chi connectivity index (χ0n) is 36.2. The third-order valence-electron chi connectivity index (χ3n) is 10.7. The van der Waals surface area contributed by atoms with E-state index in [0.717, 1.165) is 39.6 Å². The summed E-state index contributed by atoms with van der Waals surface area (Å²) in [5, 5.41) is 9.18. The Morgan fingerprint density at radius 1 is 0.448 bits per heavy atom. The fraction of sp³-hybridized carbons (Fsp3) is 0.308. The van der Waals surface area contributed by atoms with Gasteiger partial charge in [0, 0.05) is 35.9 Å². The van der Waals surface area contributed by atoms with Gasteiger partial charge in [-0.25, -0.2) is 0 Å². The van der Waals surface area contributed by atoms with Crippen LogP contribution in [0, 0.1) is 12.1 Å². The standard InChI is InChI=1S/C52H57N5.Pt/c1-49(2,3)38-28-36(29-39(32-38)50(4,5)6)46-22-15-23-47(37-30-40(51(7,8)9)33-41(31-37)52(10,11)12)48(46)57(44-20-13-18-42(34-44)55-26-16-24-53-55)45-21-14-19-43(35-45)56-27-17-25-54-56;/h13-33H,1-12H3;/q-2;+2. The molecule has 0 saturated carbocycles. The van der Waals surface area contributed by atoms with Gasteiger partial charge in [0.25, 0.3) is 0 Å². The summed E-state index contributed by atoms with van der Waals surface area (Å²) in [6.45, 7) is 27.7. The normalized spacial score (nSPS) is 12.3. The Kier molecular flexibility index (Phi) is 11.7. The molecule has 0 unspecified atom stereocenters. The number of anilines is 3. The summed E-state index contributed by atoms with van der Waals surface area (Å²) in [6.07, 6.45) is 7.53. The van der Waals surface area contributed by atoms with E-state index in [9.17, 15) is 0 Å². The van der Waals surface area contributed by atoms with Crippen molar-refractivity contribution in [1.82, 2.24) is 19.6 Å². The first-order chi connectivity index (χ1) is 26.8. The van der Waals surface area contributed by atoms with Crippen LogP contribution in [-0.4, -0.2) is 19.6 Å². The molecule has 7 aromatic rings. The molecule has 0 aliphatic rings. The average Bonchev–Trinajstić information content (AvgIpc) is 3.90. The van der Waals surface area contributed by atoms with Crippen LogP contribution < -0.4 is 4.90 Å².